The van der Waals surface area contributed by atoms with Crippen molar-refractivity contribution in [2.45, 2.75) is 38.9 Å². The number of aliphatic hydroxyl groups excluding tert-OH is 2. The van der Waals surface area contributed by atoms with E-state index in [9.17, 15) is 10.2 Å². The molecule has 1 fully saturated rings. The minimum absolute atomic E-state index is 0.297. The van der Waals surface area contributed by atoms with E-state index in [2.05, 4.69) is 9.80 Å². The maximum Gasteiger partial charge on any atom is 0.0664 e. The van der Waals surface area contributed by atoms with Crippen LogP contribution in [0.3, 0.4) is 0 Å². The first-order valence-electron chi connectivity index (χ1n) is 7.54. The largest absolute Gasteiger partial charge is 0.392 e. The molecule has 1 aliphatic heterocycles. The second-order valence-electron chi connectivity index (χ2n) is 5.34. The van der Waals surface area contributed by atoms with Crippen LogP contribution in [0.4, 0.5) is 0 Å². The standard InChI is InChI=1S/C14H30N2O3/c1-3-13(17)11-16(12-14(18)4-2)6-5-15-7-9-19-10-8-15/h13-14,17-18H,3-12H2,1-2H3. The molecular weight excluding hydrogens is 244 g/mol. The molecule has 2 unspecified atom stereocenters. The third kappa shape index (κ3) is 7.22. The number of hydrogen-bond acceptors (Lipinski definition) is 5. The molecule has 2 atom stereocenters. The molecule has 5 nitrogen and oxygen atoms in total. The maximum absolute atomic E-state index is 9.79. The van der Waals surface area contributed by atoms with Crippen molar-refractivity contribution in [3.05, 3.63) is 0 Å². The molecule has 19 heavy (non-hydrogen) atoms. The zero-order valence-corrected chi connectivity index (χ0v) is 12.4. The van der Waals surface area contributed by atoms with Crippen LogP contribution < -0.4 is 0 Å². The van der Waals surface area contributed by atoms with E-state index in [1.165, 1.54) is 0 Å². The highest BCUT2D eigenvalue weighted by molar-refractivity contribution is 4.71. The van der Waals surface area contributed by atoms with Crippen molar-refractivity contribution < 1.29 is 14.9 Å². The molecule has 0 aromatic rings. The predicted octanol–water partition coefficient (Wildman–Crippen LogP) is 0.162. The highest BCUT2D eigenvalue weighted by Gasteiger charge is 2.16. The molecule has 1 saturated heterocycles. The molecule has 1 heterocycles. The Morgan fingerprint density at radius 2 is 1.58 bits per heavy atom. The first-order chi connectivity index (χ1) is 9.15. The van der Waals surface area contributed by atoms with Crippen molar-refractivity contribution in [3.63, 3.8) is 0 Å². The van der Waals surface area contributed by atoms with Gasteiger partial charge >= 0.3 is 0 Å². The minimum atomic E-state index is -0.297. The van der Waals surface area contributed by atoms with Crippen LogP contribution in [0.15, 0.2) is 0 Å². The van der Waals surface area contributed by atoms with Gasteiger partial charge in [-0.2, -0.15) is 0 Å². The topological polar surface area (TPSA) is 56.2 Å². The van der Waals surface area contributed by atoms with Gasteiger partial charge < -0.3 is 14.9 Å². The van der Waals surface area contributed by atoms with Crippen LogP contribution in [-0.2, 0) is 4.74 Å². The SMILES string of the molecule is CCC(O)CN(CCN1CCOCC1)CC(O)CC. The Labute approximate surface area is 117 Å². The van der Waals surface area contributed by atoms with Gasteiger partial charge in [-0.1, -0.05) is 13.8 Å². The normalized spacial score (nSPS) is 20.7. The van der Waals surface area contributed by atoms with Gasteiger partial charge in [-0.05, 0) is 12.8 Å². The van der Waals surface area contributed by atoms with Crippen molar-refractivity contribution in [1.29, 1.82) is 0 Å². The van der Waals surface area contributed by atoms with Gasteiger partial charge in [0.25, 0.3) is 0 Å². The smallest absolute Gasteiger partial charge is 0.0664 e. The van der Waals surface area contributed by atoms with Crippen molar-refractivity contribution in [2.24, 2.45) is 0 Å². The fourth-order valence-corrected chi connectivity index (χ4v) is 2.22. The first-order valence-corrected chi connectivity index (χ1v) is 7.54. The lowest BCUT2D eigenvalue weighted by Gasteiger charge is -2.31. The average Bonchev–Trinajstić information content (AvgIpc) is 2.45. The van der Waals surface area contributed by atoms with E-state index < -0.39 is 0 Å². The molecule has 0 aromatic heterocycles. The third-order valence-corrected chi connectivity index (χ3v) is 3.72. The van der Waals surface area contributed by atoms with Gasteiger partial charge in [0.1, 0.15) is 0 Å². The Balaban J connectivity index is 2.33. The van der Waals surface area contributed by atoms with E-state index in [0.717, 1.165) is 52.2 Å². The van der Waals surface area contributed by atoms with Crippen LogP contribution in [0.2, 0.25) is 0 Å². The molecule has 0 aromatic carbocycles. The number of nitrogens with zero attached hydrogens (tertiary/aromatic N) is 2. The van der Waals surface area contributed by atoms with E-state index in [0.29, 0.717) is 13.1 Å². The number of aliphatic hydroxyl groups is 2. The summed E-state index contributed by atoms with van der Waals surface area (Å²) in [6.07, 6.45) is 0.925. The summed E-state index contributed by atoms with van der Waals surface area (Å²) in [7, 11) is 0. The number of rotatable bonds is 9. The zero-order chi connectivity index (χ0) is 14.1. The summed E-state index contributed by atoms with van der Waals surface area (Å²) in [4.78, 5) is 4.56. The Bertz CT molecular complexity index is 211. The van der Waals surface area contributed by atoms with Crippen molar-refractivity contribution in [3.8, 4) is 0 Å². The lowest BCUT2D eigenvalue weighted by Crippen LogP contribution is -2.45. The van der Waals surface area contributed by atoms with Gasteiger partial charge in [-0.3, -0.25) is 9.80 Å². The molecule has 1 aliphatic rings. The lowest BCUT2D eigenvalue weighted by atomic mass is 10.2. The second-order valence-corrected chi connectivity index (χ2v) is 5.34. The summed E-state index contributed by atoms with van der Waals surface area (Å²) in [6.45, 7) is 10.8. The fraction of sp³-hybridized carbons (Fsp3) is 1.00. The Hall–Kier alpha value is -0.200. The average molecular weight is 274 g/mol. The molecule has 114 valence electrons. The Morgan fingerprint density at radius 1 is 1.05 bits per heavy atom. The molecule has 0 saturated carbocycles. The van der Waals surface area contributed by atoms with E-state index in [1.54, 1.807) is 0 Å². The molecule has 2 N–H and O–H groups in total. The van der Waals surface area contributed by atoms with Crippen LogP contribution in [0.5, 0.6) is 0 Å². The van der Waals surface area contributed by atoms with Crippen molar-refractivity contribution in [2.75, 3.05) is 52.5 Å². The van der Waals surface area contributed by atoms with Crippen molar-refractivity contribution >= 4 is 0 Å². The summed E-state index contributed by atoms with van der Waals surface area (Å²) in [6, 6.07) is 0. The highest BCUT2D eigenvalue weighted by atomic mass is 16.5. The molecular formula is C14H30N2O3. The summed E-state index contributed by atoms with van der Waals surface area (Å²) in [5, 5.41) is 19.6. The van der Waals surface area contributed by atoms with Gasteiger partial charge in [0.05, 0.1) is 25.4 Å². The molecule has 5 heteroatoms. The number of hydrogen-bond donors (Lipinski definition) is 2. The summed E-state index contributed by atoms with van der Waals surface area (Å²) < 4.78 is 5.34. The quantitative estimate of drug-likeness (QED) is 0.627. The lowest BCUT2D eigenvalue weighted by molar-refractivity contribution is 0.0230. The molecule has 0 spiro atoms. The van der Waals surface area contributed by atoms with Gasteiger partial charge in [0, 0.05) is 39.3 Å². The molecule has 0 bridgehead atoms. The summed E-state index contributed by atoms with van der Waals surface area (Å²) in [5.41, 5.74) is 0. The van der Waals surface area contributed by atoms with Gasteiger partial charge in [-0.15, -0.1) is 0 Å². The fourth-order valence-electron chi connectivity index (χ4n) is 2.22. The van der Waals surface area contributed by atoms with E-state index in [4.69, 9.17) is 4.74 Å². The van der Waals surface area contributed by atoms with Gasteiger partial charge in [0.2, 0.25) is 0 Å². The van der Waals surface area contributed by atoms with Crippen LogP contribution in [0.1, 0.15) is 26.7 Å². The van der Waals surface area contributed by atoms with Crippen molar-refractivity contribution in [1.82, 2.24) is 9.80 Å². The van der Waals surface area contributed by atoms with E-state index >= 15 is 0 Å². The van der Waals surface area contributed by atoms with E-state index in [-0.39, 0.29) is 12.2 Å². The summed E-state index contributed by atoms with van der Waals surface area (Å²) >= 11 is 0. The van der Waals surface area contributed by atoms with Crippen LogP contribution >= 0.6 is 0 Å². The zero-order valence-electron chi connectivity index (χ0n) is 12.4. The number of ether oxygens (including phenoxy) is 1. The first kappa shape index (κ1) is 16.9. The Kier molecular flexibility index (Phi) is 8.57. The van der Waals surface area contributed by atoms with Gasteiger partial charge in [0.15, 0.2) is 0 Å². The predicted molar refractivity (Wildman–Crippen MR) is 76.3 cm³/mol. The molecule has 0 radical (unpaired) electrons. The highest BCUT2D eigenvalue weighted by Crippen LogP contribution is 2.03. The second kappa shape index (κ2) is 9.66. The molecule has 0 aliphatic carbocycles. The number of morpholine rings is 1. The van der Waals surface area contributed by atoms with Crippen LogP contribution in [0.25, 0.3) is 0 Å². The van der Waals surface area contributed by atoms with Crippen LogP contribution in [-0.4, -0.2) is 84.7 Å². The van der Waals surface area contributed by atoms with Crippen LogP contribution in [0, 0.1) is 0 Å². The monoisotopic (exact) mass is 274 g/mol. The third-order valence-electron chi connectivity index (χ3n) is 3.72. The molecule has 1 rings (SSSR count). The molecule has 0 amide bonds. The maximum atomic E-state index is 9.79. The minimum Gasteiger partial charge on any atom is -0.392 e. The van der Waals surface area contributed by atoms with E-state index in [1.807, 2.05) is 13.8 Å². The van der Waals surface area contributed by atoms with Gasteiger partial charge in [-0.25, -0.2) is 0 Å². The summed E-state index contributed by atoms with van der Waals surface area (Å²) in [5.74, 6) is 0. The Morgan fingerprint density at radius 3 is 2.05 bits per heavy atom.